The molecule has 102 valence electrons. The monoisotopic (exact) mass is 267 g/mol. The molecule has 1 aromatic carbocycles. The van der Waals surface area contributed by atoms with E-state index in [1.807, 2.05) is 20.8 Å². The predicted octanol–water partition coefficient (Wildman–Crippen LogP) is 3.19. The molecular weight excluding hydrogens is 242 g/mol. The summed E-state index contributed by atoms with van der Waals surface area (Å²) in [5, 5.41) is 3.44. The molecule has 18 heavy (non-hydrogen) atoms. The van der Waals surface area contributed by atoms with Gasteiger partial charge < -0.3 is 5.32 Å². The van der Waals surface area contributed by atoms with E-state index in [0.29, 0.717) is 11.8 Å². The molecule has 0 aliphatic rings. The molecule has 1 aromatic rings. The van der Waals surface area contributed by atoms with Crippen molar-refractivity contribution in [3.05, 3.63) is 35.4 Å². The van der Waals surface area contributed by atoms with Crippen LogP contribution in [-0.2, 0) is 10.8 Å². The molecule has 0 aromatic heterocycles. The largest absolute Gasteiger partial charge is 0.309 e. The highest BCUT2D eigenvalue weighted by atomic mass is 32.2. The van der Waals surface area contributed by atoms with Crippen LogP contribution in [-0.4, -0.2) is 21.3 Å². The lowest BCUT2D eigenvalue weighted by Crippen LogP contribution is -2.30. The second kappa shape index (κ2) is 6.48. The summed E-state index contributed by atoms with van der Waals surface area (Å²) in [6, 6.07) is 8.81. The van der Waals surface area contributed by atoms with Crippen LogP contribution in [0.1, 0.15) is 44.9 Å². The molecule has 0 radical (unpaired) electrons. The molecular formula is C15H25NOS. The highest BCUT2D eigenvalue weighted by molar-refractivity contribution is 7.86. The summed E-state index contributed by atoms with van der Waals surface area (Å²) in [7, 11) is -0.777. The first-order chi connectivity index (χ1) is 8.30. The number of nitrogens with one attached hydrogen (secondary N) is 1. The van der Waals surface area contributed by atoms with E-state index >= 15 is 0 Å². The zero-order valence-corrected chi connectivity index (χ0v) is 12.9. The number of benzene rings is 1. The second-order valence-electron chi connectivity index (χ2n) is 5.75. The van der Waals surface area contributed by atoms with Gasteiger partial charge in [-0.05, 0) is 40.2 Å². The minimum Gasteiger partial charge on any atom is -0.309 e. The van der Waals surface area contributed by atoms with Crippen molar-refractivity contribution in [1.29, 1.82) is 0 Å². The molecule has 0 bridgehead atoms. The molecule has 1 N–H and O–H groups in total. The summed E-state index contributed by atoms with van der Waals surface area (Å²) in [6.07, 6.45) is 0. The Bertz CT molecular complexity index is 409. The number of aryl methyl sites for hydroxylation is 1. The second-order valence-corrected chi connectivity index (χ2v) is 8.08. The standard InChI is InChI=1S/C15H25NOS/c1-12-7-6-8-14(11-12)13(2)16-9-10-18(17)15(3,4)5/h6-8,11,13,16H,9-10H2,1-5H3. The minimum absolute atomic E-state index is 0.117. The number of rotatable bonds is 5. The quantitative estimate of drug-likeness (QED) is 0.887. The third-order valence-electron chi connectivity index (χ3n) is 2.96. The van der Waals surface area contributed by atoms with Gasteiger partial charge in [0.25, 0.3) is 0 Å². The third-order valence-corrected chi connectivity index (χ3v) is 4.90. The normalized spacial score (nSPS) is 15.4. The van der Waals surface area contributed by atoms with E-state index < -0.39 is 10.8 Å². The Morgan fingerprint density at radius 1 is 1.33 bits per heavy atom. The van der Waals surface area contributed by atoms with Gasteiger partial charge in [0.2, 0.25) is 0 Å². The number of hydrogen-bond donors (Lipinski definition) is 1. The van der Waals surface area contributed by atoms with Gasteiger partial charge in [-0.3, -0.25) is 4.21 Å². The topological polar surface area (TPSA) is 29.1 Å². The van der Waals surface area contributed by atoms with Crippen LogP contribution in [0.15, 0.2) is 24.3 Å². The zero-order chi connectivity index (χ0) is 13.8. The Hall–Kier alpha value is -0.670. The van der Waals surface area contributed by atoms with Crippen LogP contribution in [0.4, 0.5) is 0 Å². The van der Waals surface area contributed by atoms with Crippen LogP contribution in [0.25, 0.3) is 0 Å². The summed E-state index contributed by atoms with van der Waals surface area (Å²) in [4.78, 5) is 0. The maximum Gasteiger partial charge on any atom is 0.0375 e. The van der Waals surface area contributed by atoms with Crippen LogP contribution >= 0.6 is 0 Å². The van der Waals surface area contributed by atoms with Crippen LogP contribution in [0.2, 0.25) is 0 Å². The molecule has 1 rings (SSSR count). The molecule has 3 heteroatoms. The van der Waals surface area contributed by atoms with E-state index in [1.54, 1.807) is 0 Å². The van der Waals surface area contributed by atoms with Gasteiger partial charge in [-0.15, -0.1) is 0 Å². The lowest BCUT2D eigenvalue weighted by Gasteiger charge is -2.19. The molecule has 0 saturated carbocycles. The van der Waals surface area contributed by atoms with Crippen molar-refractivity contribution in [2.24, 2.45) is 0 Å². The van der Waals surface area contributed by atoms with Gasteiger partial charge in [0.05, 0.1) is 0 Å². The first-order valence-electron chi connectivity index (χ1n) is 6.49. The van der Waals surface area contributed by atoms with E-state index in [-0.39, 0.29) is 4.75 Å². The van der Waals surface area contributed by atoms with Gasteiger partial charge in [0.15, 0.2) is 0 Å². The lowest BCUT2D eigenvalue weighted by atomic mass is 10.1. The van der Waals surface area contributed by atoms with Gasteiger partial charge in [-0.25, -0.2) is 0 Å². The van der Waals surface area contributed by atoms with Crippen LogP contribution < -0.4 is 5.32 Å². The molecule has 0 fully saturated rings. The van der Waals surface area contributed by atoms with Crippen molar-refractivity contribution in [2.45, 2.75) is 45.4 Å². The fourth-order valence-electron chi connectivity index (χ4n) is 1.73. The third kappa shape index (κ3) is 4.91. The molecule has 2 atom stereocenters. The SMILES string of the molecule is Cc1cccc(C(C)NCCS(=O)C(C)(C)C)c1. The van der Waals surface area contributed by atoms with Gasteiger partial charge in [-0.1, -0.05) is 29.8 Å². The number of hydrogen-bond acceptors (Lipinski definition) is 2. The van der Waals surface area contributed by atoms with Crippen LogP contribution in [0.5, 0.6) is 0 Å². The predicted molar refractivity (Wildman–Crippen MR) is 80.4 cm³/mol. The summed E-state index contributed by atoms with van der Waals surface area (Å²) < 4.78 is 11.8. The van der Waals surface area contributed by atoms with Gasteiger partial charge in [0, 0.05) is 33.9 Å². The van der Waals surface area contributed by atoms with Crippen molar-refractivity contribution in [2.75, 3.05) is 12.3 Å². The highest BCUT2D eigenvalue weighted by Crippen LogP contribution is 2.14. The Morgan fingerprint density at radius 3 is 2.56 bits per heavy atom. The molecule has 2 unspecified atom stereocenters. The van der Waals surface area contributed by atoms with Crippen molar-refractivity contribution in [3.8, 4) is 0 Å². The Labute approximate surface area is 114 Å². The van der Waals surface area contributed by atoms with Crippen molar-refractivity contribution >= 4 is 10.8 Å². The van der Waals surface area contributed by atoms with E-state index in [9.17, 15) is 4.21 Å². The maximum absolute atomic E-state index is 11.9. The summed E-state index contributed by atoms with van der Waals surface area (Å²) in [5.41, 5.74) is 2.57. The fraction of sp³-hybridized carbons (Fsp3) is 0.600. The van der Waals surface area contributed by atoms with Crippen LogP contribution in [0.3, 0.4) is 0 Å². The maximum atomic E-state index is 11.9. The first-order valence-corrected chi connectivity index (χ1v) is 7.81. The van der Waals surface area contributed by atoms with Crippen LogP contribution in [0, 0.1) is 6.92 Å². The van der Waals surface area contributed by atoms with Gasteiger partial charge >= 0.3 is 0 Å². The van der Waals surface area contributed by atoms with Gasteiger partial charge in [0.1, 0.15) is 0 Å². The summed E-state index contributed by atoms with van der Waals surface area (Å²) >= 11 is 0. The Balaban J connectivity index is 2.43. The smallest absolute Gasteiger partial charge is 0.0375 e. The average molecular weight is 267 g/mol. The average Bonchev–Trinajstić information content (AvgIpc) is 2.27. The van der Waals surface area contributed by atoms with E-state index in [2.05, 4.69) is 43.4 Å². The first kappa shape index (κ1) is 15.4. The Kier molecular flexibility index (Phi) is 5.54. The molecule has 0 saturated heterocycles. The minimum atomic E-state index is -0.777. The molecule has 0 heterocycles. The molecule has 0 aliphatic heterocycles. The van der Waals surface area contributed by atoms with Crippen molar-refractivity contribution in [3.63, 3.8) is 0 Å². The van der Waals surface area contributed by atoms with Gasteiger partial charge in [-0.2, -0.15) is 0 Å². The fourth-order valence-corrected chi connectivity index (χ4v) is 2.65. The van der Waals surface area contributed by atoms with Crippen molar-refractivity contribution < 1.29 is 4.21 Å². The highest BCUT2D eigenvalue weighted by Gasteiger charge is 2.18. The van der Waals surface area contributed by atoms with E-state index in [4.69, 9.17) is 0 Å². The molecule has 0 spiro atoms. The van der Waals surface area contributed by atoms with E-state index in [1.165, 1.54) is 11.1 Å². The molecule has 0 aliphatic carbocycles. The molecule has 2 nitrogen and oxygen atoms in total. The van der Waals surface area contributed by atoms with Crippen molar-refractivity contribution in [1.82, 2.24) is 5.32 Å². The lowest BCUT2D eigenvalue weighted by molar-refractivity contribution is 0.591. The summed E-state index contributed by atoms with van der Waals surface area (Å²) in [5.74, 6) is 0.708. The molecule has 0 amide bonds. The van der Waals surface area contributed by atoms with E-state index in [0.717, 1.165) is 6.54 Å². The Morgan fingerprint density at radius 2 is 2.00 bits per heavy atom. The zero-order valence-electron chi connectivity index (χ0n) is 12.1. The summed E-state index contributed by atoms with van der Waals surface area (Å²) in [6.45, 7) is 11.1.